The summed E-state index contributed by atoms with van der Waals surface area (Å²) in [5.74, 6) is -0.301. The summed E-state index contributed by atoms with van der Waals surface area (Å²) in [5.41, 5.74) is 1.95. The van der Waals surface area contributed by atoms with Crippen molar-refractivity contribution >= 4 is 15.9 Å². The SMILES string of the molecule is O=C(Cn1cc(S(=O)(=O)N2CCCC2)ccc1=O)N[C@@H]1CCCc2ccccc21. The third kappa shape index (κ3) is 4.13. The quantitative estimate of drug-likeness (QED) is 0.807. The van der Waals surface area contributed by atoms with Crippen LogP contribution in [0, 0.1) is 0 Å². The molecule has 1 aliphatic heterocycles. The molecule has 154 valence electrons. The highest BCUT2D eigenvalue weighted by atomic mass is 32.2. The van der Waals surface area contributed by atoms with Gasteiger partial charge in [-0.3, -0.25) is 9.59 Å². The van der Waals surface area contributed by atoms with Crippen LogP contribution in [0.2, 0.25) is 0 Å². The van der Waals surface area contributed by atoms with Crippen LogP contribution in [0.1, 0.15) is 42.9 Å². The van der Waals surface area contributed by atoms with Crippen molar-refractivity contribution in [2.75, 3.05) is 13.1 Å². The first-order valence-corrected chi connectivity index (χ1v) is 11.5. The topological polar surface area (TPSA) is 88.5 Å². The second-order valence-electron chi connectivity index (χ2n) is 7.65. The van der Waals surface area contributed by atoms with E-state index in [0.717, 1.165) is 37.7 Å². The Morgan fingerprint density at radius 3 is 2.62 bits per heavy atom. The molecule has 1 N–H and O–H groups in total. The maximum atomic E-state index is 12.7. The number of carbonyl (C=O) groups is 1. The average molecular weight is 416 g/mol. The lowest BCUT2D eigenvalue weighted by Crippen LogP contribution is -2.36. The van der Waals surface area contributed by atoms with Crippen molar-refractivity contribution in [2.24, 2.45) is 0 Å². The van der Waals surface area contributed by atoms with Gasteiger partial charge in [0.25, 0.3) is 5.56 Å². The standard InChI is InChI=1S/C21H25N3O4S/c25-20(22-19-9-5-7-16-6-1-2-8-18(16)19)15-23-14-17(10-11-21(23)26)29(27,28)24-12-3-4-13-24/h1-2,6,8,10-11,14,19H,3-5,7,9,12-13,15H2,(H,22,25)/t19-/m1/s1. The maximum Gasteiger partial charge on any atom is 0.251 e. The van der Waals surface area contributed by atoms with E-state index in [9.17, 15) is 18.0 Å². The largest absolute Gasteiger partial charge is 0.348 e. The summed E-state index contributed by atoms with van der Waals surface area (Å²) in [7, 11) is -3.64. The molecule has 8 heteroatoms. The van der Waals surface area contributed by atoms with Crippen LogP contribution in [0.3, 0.4) is 0 Å². The van der Waals surface area contributed by atoms with Crippen LogP contribution in [0.4, 0.5) is 0 Å². The highest BCUT2D eigenvalue weighted by molar-refractivity contribution is 7.89. The van der Waals surface area contributed by atoms with Crippen LogP contribution in [-0.4, -0.2) is 36.3 Å². The molecule has 4 rings (SSSR count). The van der Waals surface area contributed by atoms with E-state index in [1.54, 1.807) is 0 Å². The number of pyridine rings is 1. The summed E-state index contributed by atoms with van der Waals surface area (Å²) in [6.07, 6.45) is 5.80. The highest BCUT2D eigenvalue weighted by Crippen LogP contribution is 2.29. The molecule has 0 unspecified atom stereocenters. The minimum atomic E-state index is -3.64. The van der Waals surface area contributed by atoms with Crippen molar-refractivity contribution in [3.05, 3.63) is 64.1 Å². The van der Waals surface area contributed by atoms with Gasteiger partial charge in [-0.15, -0.1) is 0 Å². The normalized spacial score (nSPS) is 19.7. The number of sulfonamides is 1. The van der Waals surface area contributed by atoms with Crippen LogP contribution in [0.15, 0.2) is 52.3 Å². The number of nitrogens with one attached hydrogen (secondary N) is 1. The molecule has 2 heterocycles. The fourth-order valence-corrected chi connectivity index (χ4v) is 5.70. The monoisotopic (exact) mass is 415 g/mol. The molecule has 1 amide bonds. The van der Waals surface area contributed by atoms with E-state index in [1.165, 1.54) is 32.8 Å². The molecular weight excluding hydrogens is 390 g/mol. The van der Waals surface area contributed by atoms with E-state index < -0.39 is 15.6 Å². The summed E-state index contributed by atoms with van der Waals surface area (Å²) < 4.78 is 28.1. The van der Waals surface area contributed by atoms with Crippen molar-refractivity contribution < 1.29 is 13.2 Å². The molecule has 0 saturated carbocycles. The number of carbonyl (C=O) groups excluding carboxylic acids is 1. The van der Waals surface area contributed by atoms with E-state index in [-0.39, 0.29) is 23.4 Å². The molecule has 1 atom stereocenters. The van der Waals surface area contributed by atoms with E-state index >= 15 is 0 Å². The number of nitrogens with zero attached hydrogens (tertiary/aromatic N) is 2. The summed E-state index contributed by atoms with van der Waals surface area (Å²) in [6, 6.07) is 10.5. The van der Waals surface area contributed by atoms with Gasteiger partial charge < -0.3 is 9.88 Å². The van der Waals surface area contributed by atoms with E-state index in [0.29, 0.717) is 13.1 Å². The molecule has 1 aromatic heterocycles. The zero-order valence-corrected chi connectivity index (χ0v) is 17.0. The molecule has 2 aromatic rings. The van der Waals surface area contributed by atoms with Crippen molar-refractivity contribution in [1.29, 1.82) is 0 Å². The Morgan fingerprint density at radius 1 is 1.07 bits per heavy atom. The molecule has 0 spiro atoms. The van der Waals surface area contributed by atoms with Gasteiger partial charge in [-0.05, 0) is 49.3 Å². The van der Waals surface area contributed by atoms with Crippen LogP contribution < -0.4 is 10.9 Å². The number of rotatable bonds is 5. The van der Waals surface area contributed by atoms with Gasteiger partial charge in [0.05, 0.1) is 10.9 Å². The van der Waals surface area contributed by atoms with Gasteiger partial charge >= 0.3 is 0 Å². The fourth-order valence-electron chi connectivity index (χ4n) is 4.16. The van der Waals surface area contributed by atoms with Crippen LogP contribution in [-0.2, 0) is 27.8 Å². The number of amides is 1. The highest BCUT2D eigenvalue weighted by Gasteiger charge is 2.28. The van der Waals surface area contributed by atoms with Gasteiger partial charge in [-0.2, -0.15) is 4.31 Å². The van der Waals surface area contributed by atoms with Crippen LogP contribution in [0.25, 0.3) is 0 Å². The number of hydrogen-bond acceptors (Lipinski definition) is 4. The van der Waals surface area contributed by atoms with Gasteiger partial charge in [0.2, 0.25) is 15.9 Å². The first kappa shape index (κ1) is 19.8. The Hall–Kier alpha value is -2.45. The Morgan fingerprint density at radius 2 is 1.83 bits per heavy atom. The number of benzene rings is 1. The van der Waals surface area contributed by atoms with Crippen molar-refractivity contribution in [2.45, 2.75) is 49.6 Å². The fraction of sp³-hybridized carbons (Fsp3) is 0.429. The van der Waals surface area contributed by atoms with Crippen LogP contribution in [0.5, 0.6) is 0 Å². The van der Waals surface area contributed by atoms with E-state index in [2.05, 4.69) is 11.4 Å². The summed E-state index contributed by atoms with van der Waals surface area (Å²) in [4.78, 5) is 24.9. The Bertz CT molecular complexity index is 1070. The van der Waals surface area contributed by atoms with Gasteiger partial charge in [-0.25, -0.2) is 8.42 Å². The molecule has 0 radical (unpaired) electrons. The molecule has 0 bridgehead atoms. The Labute approximate surface area is 170 Å². The molecular formula is C21H25N3O4S. The van der Waals surface area contributed by atoms with Gasteiger partial charge in [0.1, 0.15) is 6.54 Å². The van der Waals surface area contributed by atoms with Crippen molar-refractivity contribution in [1.82, 2.24) is 14.2 Å². The van der Waals surface area contributed by atoms with Gasteiger partial charge in [-0.1, -0.05) is 24.3 Å². The predicted molar refractivity (Wildman–Crippen MR) is 109 cm³/mol. The Balaban J connectivity index is 1.51. The molecule has 7 nitrogen and oxygen atoms in total. The minimum absolute atomic E-state index is 0.0508. The minimum Gasteiger partial charge on any atom is -0.348 e. The number of aryl methyl sites for hydroxylation is 1. The second-order valence-corrected chi connectivity index (χ2v) is 9.59. The molecule has 1 aromatic carbocycles. The predicted octanol–water partition coefficient (Wildman–Crippen LogP) is 1.83. The molecule has 2 aliphatic rings. The van der Waals surface area contributed by atoms with Crippen molar-refractivity contribution in [3.63, 3.8) is 0 Å². The molecule has 1 saturated heterocycles. The maximum absolute atomic E-state index is 12.7. The third-order valence-electron chi connectivity index (χ3n) is 5.68. The Kier molecular flexibility index (Phi) is 5.56. The van der Waals surface area contributed by atoms with Crippen LogP contribution >= 0.6 is 0 Å². The zero-order valence-electron chi connectivity index (χ0n) is 16.2. The van der Waals surface area contributed by atoms with Crippen molar-refractivity contribution in [3.8, 4) is 0 Å². The first-order chi connectivity index (χ1) is 13.9. The third-order valence-corrected chi connectivity index (χ3v) is 7.56. The summed E-state index contributed by atoms with van der Waals surface area (Å²) >= 11 is 0. The number of aromatic nitrogens is 1. The second kappa shape index (κ2) is 8.12. The van der Waals surface area contributed by atoms with Gasteiger partial charge in [0, 0.05) is 25.4 Å². The molecule has 1 fully saturated rings. The lowest BCUT2D eigenvalue weighted by atomic mass is 9.88. The molecule has 29 heavy (non-hydrogen) atoms. The smallest absolute Gasteiger partial charge is 0.251 e. The molecule has 1 aliphatic carbocycles. The average Bonchev–Trinajstić information content (AvgIpc) is 3.26. The zero-order chi connectivity index (χ0) is 20.4. The van der Waals surface area contributed by atoms with E-state index in [1.807, 2.05) is 18.2 Å². The number of hydrogen-bond donors (Lipinski definition) is 1. The van der Waals surface area contributed by atoms with E-state index in [4.69, 9.17) is 0 Å². The summed E-state index contributed by atoms with van der Waals surface area (Å²) in [5, 5.41) is 3.01. The lowest BCUT2D eigenvalue weighted by Gasteiger charge is -2.26. The lowest BCUT2D eigenvalue weighted by molar-refractivity contribution is -0.122. The number of fused-ring (bicyclic) bond motifs is 1. The summed E-state index contributed by atoms with van der Waals surface area (Å²) in [6.45, 7) is 0.771. The first-order valence-electron chi connectivity index (χ1n) is 10.0. The van der Waals surface area contributed by atoms with Gasteiger partial charge in [0.15, 0.2) is 0 Å².